The number of aromatic nitrogens is 3. The smallest absolute Gasteiger partial charge is 0.444 e. The van der Waals surface area contributed by atoms with Crippen molar-refractivity contribution < 1.29 is 26.9 Å². The molecule has 0 atom stereocenters. The minimum absolute atomic E-state index is 0.141. The monoisotopic (exact) mass is 435 g/mol. The number of rotatable bonds is 4. The number of aryl methyl sites for hydroxylation is 2. The molecule has 4 rings (SSSR count). The van der Waals surface area contributed by atoms with Crippen LogP contribution < -0.4 is 0 Å². The summed E-state index contributed by atoms with van der Waals surface area (Å²) in [5.41, 5.74) is 1.65. The Morgan fingerprint density at radius 1 is 1.06 bits per heavy atom. The predicted octanol–water partition coefficient (Wildman–Crippen LogP) is 3.32. The molecule has 11 heteroatoms. The highest BCUT2D eigenvalue weighted by Gasteiger charge is 2.38. The molecule has 2 aromatic heterocycles. The number of nitrogens with zero attached hydrogens (tertiary/aromatic N) is 5. The van der Waals surface area contributed by atoms with E-state index in [-0.39, 0.29) is 11.7 Å². The van der Waals surface area contributed by atoms with Crippen molar-refractivity contribution in [1.29, 1.82) is 0 Å². The fourth-order valence-electron chi connectivity index (χ4n) is 3.31. The van der Waals surface area contributed by atoms with Crippen molar-refractivity contribution in [3.05, 3.63) is 53.1 Å². The molecule has 0 radical (unpaired) electrons. The van der Waals surface area contributed by atoms with E-state index in [0.717, 1.165) is 11.5 Å². The summed E-state index contributed by atoms with van der Waals surface area (Å²) < 4.78 is 47.7. The van der Waals surface area contributed by atoms with Crippen molar-refractivity contribution in [2.24, 2.45) is 0 Å². The first-order valence-corrected chi connectivity index (χ1v) is 9.66. The van der Waals surface area contributed by atoms with Crippen LogP contribution in [0.4, 0.5) is 13.2 Å². The number of amides is 1. The first-order valence-electron chi connectivity index (χ1n) is 9.66. The van der Waals surface area contributed by atoms with Gasteiger partial charge in [-0.25, -0.2) is 4.98 Å². The summed E-state index contributed by atoms with van der Waals surface area (Å²) in [6.07, 6.45) is -4.70. The highest BCUT2D eigenvalue weighted by atomic mass is 19.4. The molecule has 8 nitrogen and oxygen atoms in total. The number of carbonyl (C=O) groups is 1. The molecule has 1 aromatic carbocycles. The Morgan fingerprint density at radius 2 is 1.74 bits per heavy atom. The molecule has 1 aliphatic heterocycles. The van der Waals surface area contributed by atoms with Gasteiger partial charge in [-0.2, -0.15) is 18.2 Å². The molecular formula is C20H20F3N5O3. The van der Waals surface area contributed by atoms with Crippen molar-refractivity contribution in [2.45, 2.75) is 26.6 Å². The van der Waals surface area contributed by atoms with Crippen LogP contribution in [0.15, 0.2) is 33.2 Å². The van der Waals surface area contributed by atoms with Gasteiger partial charge in [-0.1, -0.05) is 17.3 Å². The Morgan fingerprint density at radius 3 is 2.29 bits per heavy atom. The average molecular weight is 435 g/mol. The van der Waals surface area contributed by atoms with Crippen LogP contribution in [-0.4, -0.2) is 57.0 Å². The van der Waals surface area contributed by atoms with Crippen molar-refractivity contribution in [3.63, 3.8) is 0 Å². The second kappa shape index (κ2) is 8.14. The van der Waals surface area contributed by atoms with Crippen LogP contribution in [0.5, 0.6) is 0 Å². The zero-order valence-corrected chi connectivity index (χ0v) is 16.9. The minimum atomic E-state index is -4.70. The van der Waals surface area contributed by atoms with E-state index >= 15 is 0 Å². The Hall–Kier alpha value is -3.21. The first-order chi connectivity index (χ1) is 14.7. The van der Waals surface area contributed by atoms with Gasteiger partial charge in [0.2, 0.25) is 11.7 Å². The summed E-state index contributed by atoms with van der Waals surface area (Å²) in [4.78, 5) is 24.4. The molecule has 0 saturated carbocycles. The van der Waals surface area contributed by atoms with Gasteiger partial charge >= 0.3 is 12.1 Å². The number of hydrogen-bond donors (Lipinski definition) is 0. The third-order valence-electron chi connectivity index (χ3n) is 5.15. The standard InChI is InChI=1S/C20H20F3N5O3/c1-12-13(2)30-16(24-12)11-27-7-9-28(10-8-27)18(29)15-5-3-14(4-6-15)17-25-19(31-26-17)20(21,22)23/h3-6H,7-11H2,1-2H3. The van der Waals surface area contributed by atoms with Crippen LogP contribution in [0.25, 0.3) is 11.4 Å². The lowest BCUT2D eigenvalue weighted by atomic mass is 10.1. The highest BCUT2D eigenvalue weighted by Crippen LogP contribution is 2.29. The second-order valence-corrected chi connectivity index (χ2v) is 7.32. The Bertz CT molecular complexity index is 1050. The molecule has 0 bridgehead atoms. The number of hydrogen-bond acceptors (Lipinski definition) is 7. The van der Waals surface area contributed by atoms with Gasteiger partial charge in [0, 0.05) is 37.3 Å². The molecule has 0 unspecified atom stereocenters. The molecule has 0 aliphatic carbocycles. The SMILES string of the molecule is Cc1nc(CN2CCN(C(=O)c3ccc(-c4noc(C(F)(F)F)n4)cc3)CC2)oc1C. The number of alkyl halides is 3. The largest absolute Gasteiger partial charge is 0.471 e. The molecule has 1 saturated heterocycles. The number of piperazine rings is 1. The highest BCUT2D eigenvalue weighted by molar-refractivity contribution is 5.94. The summed E-state index contributed by atoms with van der Waals surface area (Å²) in [5.74, 6) is -0.256. The maximum atomic E-state index is 12.8. The number of carbonyl (C=O) groups excluding carboxylic acids is 1. The molecular weight excluding hydrogens is 415 g/mol. The van der Waals surface area contributed by atoms with E-state index < -0.39 is 12.1 Å². The van der Waals surface area contributed by atoms with Crippen LogP contribution in [-0.2, 0) is 12.7 Å². The van der Waals surface area contributed by atoms with Crippen LogP contribution in [0, 0.1) is 13.8 Å². The average Bonchev–Trinajstić information content (AvgIpc) is 3.35. The summed E-state index contributed by atoms with van der Waals surface area (Å²) >= 11 is 0. The Labute approximate surface area is 175 Å². The predicted molar refractivity (Wildman–Crippen MR) is 102 cm³/mol. The van der Waals surface area contributed by atoms with Crippen LogP contribution in [0.1, 0.15) is 33.6 Å². The Balaban J connectivity index is 1.35. The fourth-order valence-corrected chi connectivity index (χ4v) is 3.31. The molecule has 164 valence electrons. The third kappa shape index (κ3) is 4.61. The number of halogens is 3. The first kappa shape index (κ1) is 21.0. The lowest BCUT2D eigenvalue weighted by molar-refractivity contribution is -0.159. The van der Waals surface area contributed by atoms with E-state index in [2.05, 4.69) is 24.5 Å². The van der Waals surface area contributed by atoms with Gasteiger partial charge in [0.15, 0.2) is 0 Å². The molecule has 0 spiro atoms. The van der Waals surface area contributed by atoms with Gasteiger partial charge in [-0.05, 0) is 26.0 Å². The van der Waals surface area contributed by atoms with Crippen molar-refractivity contribution in [1.82, 2.24) is 24.9 Å². The van der Waals surface area contributed by atoms with Crippen molar-refractivity contribution in [3.8, 4) is 11.4 Å². The van der Waals surface area contributed by atoms with Gasteiger partial charge in [0.05, 0.1) is 12.2 Å². The van der Waals surface area contributed by atoms with Gasteiger partial charge in [-0.3, -0.25) is 9.69 Å². The molecule has 3 heterocycles. The second-order valence-electron chi connectivity index (χ2n) is 7.32. The summed E-state index contributed by atoms with van der Waals surface area (Å²) in [6.45, 7) is 6.86. The van der Waals surface area contributed by atoms with E-state index in [4.69, 9.17) is 4.42 Å². The molecule has 3 aromatic rings. The summed E-state index contributed by atoms with van der Waals surface area (Å²) in [5, 5.41) is 3.35. The Kier molecular flexibility index (Phi) is 5.52. The molecule has 1 fully saturated rings. The number of benzene rings is 1. The fraction of sp³-hybridized carbons (Fsp3) is 0.400. The van der Waals surface area contributed by atoms with E-state index in [9.17, 15) is 18.0 Å². The quantitative estimate of drug-likeness (QED) is 0.621. The van der Waals surface area contributed by atoms with Crippen LogP contribution >= 0.6 is 0 Å². The third-order valence-corrected chi connectivity index (χ3v) is 5.15. The lowest BCUT2D eigenvalue weighted by Gasteiger charge is -2.34. The number of oxazole rings is 1. The van der Waals surface area contributed by atoms with Crippen LogP contribution in [0.2, 0.25) is 0 Å². The van der Waals surface area contributed by atoms with Gasteiger partial charge in [0.25, 0.3) is 5.91 Å². The van der Waals surface area contributed by atoms with E-state index in [1.807, 2.05) is 13.8 Å². The maximum Gasteiger partial charge on any atom is 0.471 e. The van der Waals surface area contributed by atoms with Crippen LogP contribution in [0.3, 0.4) is 0 Å². The summed E-state index contributed by atoms with van der Waals surface area (Å²) in [6, 6.07) is 6.10. The molecule has 31 heavy (non-hydrogen) atoms. The van der Waals surface area contributed by atoms with Crippen molar-refractivity contribution >= 4 is 5.91 Å². The maximum absolute atomic E-state index is 12.8. The van der Waals surface area contributed by atoms with E-state index in [1.54, 1.807) is 17.0 Å². The minimum Gasteiger partial charge on any atom is -0.444 e. The van der Waals surface area contributed by atoms with E-state index in [0.29, 0.717) is 49.7 Å². The molecule has 1 amide bonds. The summed E-state index contributed by atoms with van der Waals surface area (Å²) in [7, 11) is 0. The topological polar surface area (TPSA) is 88.5 Å². The van der Waals surface area contributed by atoms with Gasteiger partial charge in [-0.15, -0.1) is 0 Å². The zero-order chi connectivity index (χ0) is 22.2. The lowest BCUT2D eigenvalue weighted by Crippen LogP contribution is -2.48. The van der Waals surface area contributed by atoms with E-state index in [1.165, 1.54) is 12.1 Å². The molecule has 1 aliphatic rings. The van der Waals surface area contributed by atoms with Crippen molar-refractivity contribution in [2.75, 3.05) is 26.2 Å². The zero-order valence-electron chi connectivity index (χ0n) is 16.9. The normalized spacial score (nSPS) is 15.5. The van der Waals surface area contributed by atoms with Gasteiger partial charge < -0.3 is 13.8 Å². The van der Waals surface area contributed by atoms with Gasteiger partial charge in [0.1, 0.15) is 5.76 Å². The molecule has 0 N–H and O–H groups in total.